The summed E-state index contributed by atoms with van der Waals surface area (Å²) in [5.74, 6) is 0.796. The van der Waals surface area contributed by atoms with E-state index in [-0.39, 0.29) is 12.1 Å². The van der Waals surface area contributed by atoms with Crippen LogP contribution in [-0.2, 0) is 0 Å². The largest absolute Gasteiger partial charge is 0.497 e. The second-order valence-electron chi connectivity index (χ2n) is 5.69. The van der Waals surface area contributed by atoms with E-state index in [4.69, 9.17) is 27.9 Å². The van der Waals surface area contributed by atoms with Crippen molar-refractivity contribution >= 4 is 34.9 Å². The molecule has 6 heteroatoms. The minimum absolute atomic E-state index is 0.0443. The highest BCUT2D eigenvalue weighted by Crippen LogP contribution is 2.34. The number of rotatable bonds is 3. The first-order valence-corrected chi connectivity index (χ1v) is 8.50. The lowest BCUT2D eigenvalue weighted by Gasteiger charge is -2.25. The Kier molecular flexibility index (Phi) is 5.17. The number of hydrogen-bond donors (Lipinski definition) is 1. The SMILES string of the molecule is COc1cccc(C2CCCN2C(=O)Nc2ccc(Cl)c(Cl)c2)c1. The van der Waals surface area contributed by atoms with Crippen molar-refractivity contribution in [1.82, 2.24) is 4.90 Å². The third kappa shape index (κ3) is 3.60. The number of halogens is 2. The predicted octanol–water partition coefficient (Wildman–Crippen LogP) is 5.37. The van der Waals surface area contributed by atoms with Gasteiger partial charge in [-0.05, 0) is 48.7 Å². The van der Waals surface area contributed by atoms with Gasteiger partial charge >= 0.3 is 6.03 Å². The number of benzene rings is 2. The van der Waals surface area contributed by atoms with Crippen LogP contribution in [0.5, 0.6) is 5.75 Å². The van der Waals surface area contributed by atoms with Gasteiger partial charge in [0.1, 0.15) is 5.75 Å². The molecule has 1 heterocycles. The van der Waals surface area contributed by atoms with E-state index in [1.807, 2.05) is 29.2 Å². The summed E-state index contributed by atoms with van der Waals surface area (Å²) in [7, 11) is 1.64. The lowest BCUT2D eigenvalue weighted by molar-refractivity contribution is 0.207. The maximum Gasteiger partial charge on any atom is 0.322 e. The van der Waals surface area contributed by atoms with Gasteiger partial charge < -0.3 is 15.0 Å². The Balaban J connectivity index is 1.76. The van der Waals surface area contributed by atoms with Crippen LogP contribution < -0.4 is 10.1 Å². The minimum atomic E-state index is -0.140. The number of carbonyl (C=O) groups excluding carboxylic acids is 1. The highest BCUT2D eigenvalue weighted by molar-refractivity contribution is 6.42. The predicted molar refractivity (Wildman–Crippen MR) is 97.2 cm³/mol. The van der Waals surface area contributed by atoms with E-state index in [1.165, 1.54) is 0 Å². The zero-order chi connectivity index (χ0) is 17.1. The van der Waals surface area contributed by atoms with E-state index in [0.717, 1.165) is 30.7 Å². The lowest BCUT2D eigenvalue weighted by atomic mass is 10.0. The Morgan fingerprint density at radius 3 is 2.79 bits per heavy atom. The average Bonchev–Trinajstić information content (AvgIpc) is 3.08. The molecule has 0 bridgehead atoms. The number of nitrogens with zero attached hydrogens (tertiary/aromatic N) is 1. The fourth-order valence-corrected chi connectivity index (χ4v) is 3.27. The Hall–Kier alpha value is -1.91. The summed E-state index contributed by atoms with van der Waals surface area (Å²) in [6.45, 7) is 0.717. The first-order chi connectivity index (χ1) is 11.6. The molecule has 0 radical (unpaired) electrons. The molecule has 1 N–H and O–H groups in total. The number of likely N-dealkylation sites (tertiary alicyclic amines) is 1. The Morgan fingerprint density at radius 2 is 2.04 bits per heavy atom. The van der Waals surface area contributed by atoms with Crippen LogP contribution in [0.2, 0.25) is 10.0 Å². The van der Waals surface area contributed by atoms with Crippen LogP contribution in [0.1, 0.15) is 24.4 Å². The van der Waals surface area contributed by atoms with Crippen LogP contribution >= 0.6 is 23.2 Å². The van der Waals surface area contributed by atoms with E-state index < -0.39 is 0 Å². The first-order valence-electron chi connectivity index (χ1n) is 7.75. The topological polar surface area (TPSA) is 41.6 Å². The number of anilines is 1. The van der Waals surface area contributed by atoms with E-state index >= 15 is 0 Å². The molecule has 1 aliphatic heterocycles. The van der Waals surface area contributed by atoms with Crippen molar-refractivity contribution in [1.29, 1.82) is 0 Å². The van der Waals surface area contributed by atoms with E-state index in [0.29, 0.717) is 15.7 Å². The smallest absolute Gasteiger partial charge is 0.322 e. The molecule has 1 atom stereocenters. The third-order valence-corrected chi connectivity index (χ3v) is 4.90. The molecule has 0 spiro atoms. The van der Waals surface area contributed by atoms with Crippen molar-refractivity contribution in [3.05, 3.63) is 58.1 Å². The maximum atomic E-state index is 12.7. The first kappa shape index (κ1) is 16.9. The van der Waals surface area contributed by atoms with Crippen molar-refractivity contribution in [2.75, 3.05) is 19.0 Å². The number of urea groups is 1. The Morgan fingerprint density at radius 1 is 1.21 bits per heavy atom. The molecule has 1 fully saturated rings. The van der Waals surface area contributed by atoms with Crippen LogP contribution in [0.15, 0.2) is 42.5 Å². The van der Waals surface area contributed by atoms with Crippen molar-refractivity contribution in [2.24, 2.45) is 0 Å². The molecule has 2 amide bonds. The molecule has 0 aliphatic carbocycles. The molecule has 24 heavy (non-hydrogen) atoms. The summed E-state index contributed by atoms with van der Waals surface area (Å²) in [4.78, 5) is 14.5. The van der Waals surface area contributed by atoms with Gasteiger partial charge in [0.05, 0.1) is 23.2 Å². The van der Waals surface area contributed by atoms with Crippen molar-refractivity contribution < 1.29 is 9.53 Å². The zero-order valence-corrected chi connectivity index (χ0v) is 14.8. The fraction of sp³-hybridized carbons (Fsp3) is 0.278. The zero-order valence-electron chi connectivity index (χ0n) is 13.3. The van der Waals surface area contributed by atoms with Crippen LogP contribution in [-0.4, -0.2) is 24.6 Å². The van der Waals surface area contributed by atoms with Gasteiger partial charge in [0.15, 0.2) is 0 Å². The molecule has 0 aromatic heterocycles. The van der Waals surface area contributed by atoms with E-state index in [1.54, 1.807) is 25.3 Å². The van der Waals surface area contributed by atoms with Gasteiger partial charge in [-0.1, -0.05) is 35.3 Å². The lowest BCUT2D eigenvalue weighted by Crippen LogP contribution is -2.34. The average molecular weight is 365 g/mol. The molecule has 126 valence electrons. The summed E-state index contributed by atoms with van der Waals surface area (Å²) < 4.78 is 5.28. The monoisotopic (exact) mass is 364 g/mol. The summed E-state index contributed by atoms with van der Waals surface area (Å²) >= 11 is 11.9. The van der Waals surface area contributed by atoms with Crippen LogP contribution in [0.4, 0.5) is 10.5 Å². The quantitative estimate of drug-likeness (QED) is 0.794. The summed E-state index contributed by atoms with van der Waals surface area (Å²) in [6.07, 6.45) is 1.90. The molecule has 3 rings (SSSR count). The summed E-state index contributed by atoms with van der Waals surface area (Å²) in [5, 5.41) is 3.77. The van der Waals surface area contributed by atoms with E-state index in [9.17, 15) is 4.79 Å². The number of methoxy groups -OCH3 is 1. The second kappa shape index (κ2) is 7.32. The van der Waals surface area contributed by atoms with Crippen molar-refractivity contribution in [3.8, 4) is 5.75 Å². The summed E-state index contributed by atoms with van der Waals surface area (Å²) in [5.41, 5.74) is 1.71. The Labute approximate surface area is 151 Å². The van der Waals surface area contributed by atoms with Gasteiger partial charge in [-0.3, -0.25) is 0 Å². The summed E-state index contributed by atoms with van der Waals surface area (Å²) in [6, 6.07) is 12.8. The molecular formula is C18H18Cl2N2O2. The number of amides is 2. The molecular weight excluding hydrogens is 347 g/mol. The third-order valence-electron chi connectivity index (χ3n) is 4.16. The van der Waals surface area contributed by atoms with Gasteiger partial charge in [0.25, 0.3) is 0 Å². The number of nitrogens with one attached hydrogen (secondary N) is 1. The molecule has 2 aromatic carbocycles. The van der Waals surface area contributed by atoms with E-state index in [2.05, 4.69) is 5.32 Å². The van der Waals surface area contributed by atoms with Crippen LogP contribution in [0.3, 0.4) is 0 Å². The molecule has 1 saturated heterocycles. The molecule has 4 nitrogen and oxygen atoms in total. The van der Waals surface area contributed by atoms with Crippen molar-refractivity contribution in [3.63, 3.8) is 0 Å². The highest BCUT2D eigenvalue weighted by Gasteiger charge is 2.30. The molecule has 2 aromatic rings. The van der Waals surface area contributed by atoms with Gasteiger partial charge in [0, 0.05) is 12.2 Å². The molecule has 1 aliphatic rings. The molecule has 0 saturated carbocycles. The Bertz CT molecular complexity index is 752. The van der Waals surface area contributed by atoms with Gasteiger partial charge in [-0.25, -0.2) is 4.79 Å². The van der Waals surface area contributed by atoms with Crippen LogP contribution in [0, 0.1) is 0 Å². The second-order valence-corrected chi connectivity index (χ2v) is 6.50. The minimum Gasteiger partial charge on any atom is -0.497 e. The van der Waals surface area contributed by atoms with Gasteiger partial charge in [-0.15, -0.1) is 0 Å². The maximum absolute atomic E-state index is 12.7. The van der Waals surface area contributed by atoms with Gasteiger partial charge in [0.2, 0.25) is 0 Å². The molecule has 1 unspecified atom stereocenters. The highest BCUT2D eigenvalue weighted by atomic mass is 35.5. The standard InChI is InChI=1S/C18H18Cl2N2O2/c1-24-14-5-2-4-12(10-14)17-6-3-9-22(17)18(23)21-13-7-8-15(19)16(20)11-13/h2,4-5,7-8,10-11,17H,3,6,9H2,1H3,(H,21,23). The number of hydrogen-bond acceptors (Lipinski definition) is 2. The number of carbonyl (C=O) groups is 1. The fourth-order valence-electron chi connectivity index (χ4n) is 2.97. The van der Waals surface area contributed by atoms with Crippen molar-refractivity contribution in [2.45, 2.75) is 18.9 Å². The number of ether oxygens (including phenoxy) is 1. The van der Waals surface area contributed by atoms with Gasteiger partial charge in [-0.2, -0.15) is 0 Å². The normalized spacial score (nSPS) is 17.0. The van der Waals surface area contributed by atoms with Crippen LogP contribution in [0.25, 0.3) is 0 Å².